The molecule has 0 radical (unpaired) electrons. The van der Waals surface area contributed by atoms with E-state index in [1.165, 1.54) is 18.4 Å². The normalized spacial score (nSPS) is 12.0. The minimum atomic E-state index is -3.42. The zero-order chi connectivity index (χ0) is 20.0. The number of nitrogens with zero attached hydrogens (tertiary/aromatic N) is 3. The van der Waals surface area contributed by atoms with Crippen LogP contribution in [-0.4, -0.2) is 44.3 Å². The number of oxazole rings is 1. The Morgan fingerprint density at radius 1 is 1.18 bits per heavy atom. The first-order chi connectivity index (χ1) is 12.7. The molecule has 0 aliphatic rings. The molecule has 0 saturated heterocycles. The topological polar surface area (TPSA) is 99.8 Å². The lowest BCUT2D eigenvalue weighted by atomic mass is 10.2. The summed E-state index contributed by atoms with van der Waals surface area (Å²) in [6, 6.07) is 6.73. The molecule has 0 spiro atoms. The van der Waals surface area contributed by atoms with Gasteiger partial charge in [0.1, 0.15) is 5.76 Å². The lowest BCUT2D eigenvalue weighted by Crippen LogP contribution is -2.36. The van der Waals surface area contributed by atoms with E-state index in [-0.39, 0.29) is 28.9 Å². The molecule has 0 atom stereocenters. The van der Waals surface area contributed by atoms with Crippen LogP contribution in [0.25, 0.3) is 0 Å². The Hall–Kier alpha value is -1.66. The third-order valence-electron chi connectivity index (χ3n) is 3.95. The van der Waals surface area contributed by atoms with Gasteiger partial charge >= 0.3 is 0 Å². The Kier molecular flexibility index (Phi) is 9.37. The molecule has 2 rings (SSSR count). The molecule has 156 valence electrons. The summed E-state index contributed by atoms with van der Waals surface area (Å²) < 4.78 is 31.0. The molecule has 1 aromatic heterocycles. The van der Waals surface area contributed by atoms with Gasteiger partial charge in [0.25, 0.3) is 0 Å². The van der Waals surface area contributed by atoms with Gasteiger partial charge < -0.3 is 15.1 Å². The number of aryl methyl sites for hydroxylation is 2. The van der Waals surface area contributed by atoms with Crippen LogP contribution in [0.15, 0.2) is 38.6 Å². The molecule has 0 unspecified atom stereocenters. The van der Waals surface area contributed by atoms with Crippen LogP contribution in [-0.2, 0) is 23.1 Å². The number of guanidine groups is 1. The quantitative estimate of drug-likeness (QED) is 0.330. The second kappa shape index (κ2) is 10.8. The van der Waals surface area contributed by atoms with Crippen molar-refractivity contribution in [3.63, 3.8) is 0 Å². The standard InChI is InChI=1S/C18H27N5O3S.HI/c1-6-19-18(21-12-17-22-13(2)14(3)26-17)20-11-15-7-9-16(10-8-15)27(24,25)23(4)5;/h7-10H,6,11-12H2,1-5H3,(H2,19,20,21);1H. The Bertz CT molecular complexity index is 873. The highest BCUT2D eigenvalue weighted by atomic mass is 127. The minimum absolute atomic E-state index is 0. The molecule has 0 aliphatic heterocycles. The van der Waals surface area contributed by atoms with E-state index in [1.807, 2.05) is 20.8 Å². The van der Waals surface area contributed by atoms with Gasteiger partial charge in [0, 0.05) is 20.6 Å². The Morgan fingerprint density at radius 2 is 1.82 bits per heavy atom. The van der Waals surface area contributed by atoms with E-state index >= 15 is 0 Å². The first kappa shape index (κ1) is 24.4. The Labute approximate surface area is 183 Å². The lowest BCUT2D eigenvalue weighted by Gasteiger charge is -2.12. The number of hydrogen-bond acceptors (Lipinski definition) is 5. The number of aromatic nitrogens is 1. The molecular formula is C18H28IN5O3S. The van der Waals surface area contributed by atoms with E-state index in [0.29, 0.717) is 24.9 Å². The Balaban J connectivity index is 0.00000392. The van der Waals surface area contributed by atoms with Crippen LogP contribution in [0.2, 0.25) is 0 Å². The van der Waals surface area contributed by atoms with Crippen LogP contribution in [0.4, 0.5) is 0 Å². The molecule has 28 heavy (non-hydrogen) atoms. The fourth-order valence-corrected chi connectivity index (χ4v) is 3.17. The molecule has 0 fully saturated rings. The number of aliphatic imine (C=N–C) groups is 1. The van der Waals surface area contributed by atoms with E-state index < -0.39 is 10.0 Å². The molecule has 0 aliphatic carbocycles. The molecular weight excluding hydrogens is 493 g/mol. The zero-order valence-corrected chi connectivity index (χ0v) is 20.0. The van der Waals surface area contributed by atoms with E-state index in [4.69, 9.17) is 4.42 Å². The van der Waals surface area contributed by atoms with Crippen LogP contribution in [0.3, 0.4) is 0 Å². The van der Waals surface area contributed by atoms with E-state index in [1.54, 1.807) is 24.3 Å². The van der Waals surface area contributed by atoms with Gasteiger partial charge in [-0.25, -0.2) is 22.7 Å². The summed E-state index contributed by atoms with van der Waals surface area (Å²) in [7, 11) is -0.394. The van der Waals surface area contributed by atoms with E-state index in [2.05, 4.69) is 20.6 Å². The monoisotopic (exact) mass is 521 g/mol. The van der Waals surface area contributed by atoms with Crippen molar-refractivity contribution in [2.75, 3.05) is 20.6 Å². The third-order valence-corrected chi connectivity index (χ3v) is 5.78. The van der Waals surface area contributed by atoms with Crippen LogP contribution in [0.1, 0.15) is 29.8 Å². The summed E-state index contributed by atoms with van der Waals surface area (Å²) in [6.07, 6.45) is 0. The van der Waals surface area contributed by atoms with Crippen molar-refractivity contribution in [3.05, 3.63) is 47.2 Å². The molecule has 10 heteroatoms. The SMILES string of the molecule is CCNC(=NCc1ccc(S(=O)(=O)N(C)C)cc1)NCc1nc(C)c(C)o1.I. The maximum Gasteiger partial charge on any atom is 0.242 e. The first-order valence-corrected chi connectivity index (χ1v) is 10.1. The molecule has 0 saturated carbocycles. The highest BCUT2D eigenvalue weighted by Gasteiger charge is 2.16. The van der Waals surface area contributed by atoms with Crippen molar-refractivity contribution in [1.82, 2.24) is 19.9 Å². The summed E-state index contributed by atoms with van der Waals surface area (Å²) in [5.74, 6) is 2.05. The van der Waals surface area contributed by atoms with Gasteiger partial charge in [0.15, 0.2) is 5.96 Å². The predicted octanol–water partition coefficient (Wildman–Crippen LogP) is 2.42. The average molecular weight is 521 g/mol. The fourth-order valence-electron chi connectivity index (χ4n) is 2.26. The molecule has 1 heterocycles. The minimum Gasteiger partial charge on any atom is -0.444 e. The van der Waals surface area contributed by atoms with E-state index in [9.17, 15) is 8.42 Å². The molecule has 1 aromatic carbocycles. The summed E-state index contributed by atoms with van der Waals surface area (Å²) in [4.78, 5) is 9.12. The molecule has 2 N–H and O–H groups in total. The smallest absolute Gasteiger partial charge is 0.242 e. The average Bonchev–Trinajstić information content (AvgIpc) is 2.95. The van der Waals surface area contributed by atoms with Crippen LogP contribution >= 0.6 is 24.0 Å². The van der Waals surface area contributed by atoms with Crippen molar-refractivity contribution < 1.29 is 12.8 Å². The highest BCUT2D eigenvalue weighted by Crippen LogP contribution is 2.14. The first-order valence-electron chi connectivity index (χ1n) is 8.70. The molecule has 2 aromatic rings. The Morgan fingerprint density at radius 3 is 2.32 bits per heavy atom. The van der Waals surface area contributed by atoms with Crippen molar-refractivity contribution in [2.45, 2.75) is 38.8 Å². The summed E-state index contributed by atoms with van der Waals surface area (Å²) in [5.41, 5.74) is 1.79. The number of benzene rings is 1. The van der Waals surface area contributed by atoms with Crippen molar-refractivity contribution in [3.8, 4) is 0 Å². The van der Waals surface area contributed by atoms with Crippen molar-refractivity contribution >= 4 is 40.0 Å². The number of hydrogen-bond donors (Lipinski definition) is 2. The van der Waals surface area contributed by atoms with Gasteiger partial charge in [0.05, 0.1) is 23.7 Å². The van der Waals surface area contributed by atoms with E-state index in [0.717, 1.165) is 23.6 Å². The van der Waals surface area contributed by atoms with Gasteiger partial charge in [-0.15, -0.1) is 24.0 Å². The van der Waals surface area contributed by atoms with Gasteiger partial charge in [-0.2, -0.15) is 0 Å². The maximum absolute atomic E-state index is 12.1. The second-order valence-corrected chi connectivity index (χ2v) is 8.38. The zero-order valence-electron chi connectivity index (χ0n) is 16.8. The summed E-state index contributed by atoms with van der Waals surface area (Å²) >= 11 is 0. The molecule has 0 bridgehead atoms. The number of sulfonamides is 1. The van der Waals surface area contributed by atoms with Gasteiger partial charge in [0.2, 0.25) is 15.9 Å². The summed E-state index contributed by atoms with van der Waals surface area (Å²) in [6.45, 7) is 7.34. The molecule has 0 amide bonds. The van der Waals surface area contributed by atoms with Crippen molar-refractivity contribution in [1.29, 1.82) is 0 Å². The molecule has 8 nitrogen and oxygen atoms in total. The predicted molar refractivity (Wildman–Crippen MR) is 120 cm³/mol. The van der Waals surface area contributed by atoms with Gasteiger partial charge in [-0.05, 0) is 38.5 Å². The van der Waals surface area contributed by atoms with Crippen molar-refractivity contribution in [2.24, 2.45) is 4.99 Å². The lowest BCUT2D eigenvalue weighted by molar-refractivity contribution is 0.463. The number of nitrogens with one attached hydrogen (secondary N) is 2. The number of halogens is 1. The summed E-state index contributed by atoms with van der Waals surface area (Å²) in [5, 5.41) is 6.34. The number of rotatable bonds is 7. The van der Waals surface area contributed by atoms with Gasteiger partial charge in [-0.3, -0.25) is 0 Å². The van der Waals surface area contributed by atoms with Gasteiger partial charge in [-0.1, -0.05) is 12.1 Å². The third kappa shape index (κ3) is 6.45. The van der Waals surface area contributed by atoms with Crippen LogP contribution < -0.4 is 10.6 Å². The van der Waals surface area contributed by atoms with Crippen LogP contribution in [0.5, 0.6) is 0 Å². The second-order valence-electron chi connectivity index (χ2n) is 6.23. The highest BCUT2D eigenvalue weighted by molar-refractivity contribution is 14.0. The fraction of sp³-hybridized carbons (Fsp3) is 0.444. The van der Waals surface area contributed by atoms with Crippen LogP contribution in [0, 0.1) is 13.8 Å². The maximum atomic E-state index is 12.1. The largest absolute Gasteiger partial charge is 0.444 e.